The van der Waals surface area contributed by atoms with Crippen LogP contribution in [-0.4, -0.2) is 23.5 Å². The summed E-state index contributed by atoms with van der Waals surface area (Å²) in [6.07, 6.45) is 1.23. The highest BCUT2D eigenvalue weighted by Gasteiger charge is 2.56. The van der Waals surface area contributed by atoms with Crippen LogP contribution in [0.15, 0.2) is 24.3 Å². The van der Waals surface area contributed by atoms with Crippen molar-refractivity contribution >= 4 is 11.6 Å². The van der Waals surface area contributed by atoms with E-state index in [4.69, 9.17) is 17.3 Å². The van der Waals surface area contributed by atoms with E-state index in [0.717, 1.165) is 24.0 Å². The average Bonchev–Trinajstić information content (AvgIpc) is 2.70. The minimum atomic E-state index is 0.159. The molecule has 3 rings (SSSR count). The Balaban J connectivity index is 1.64. The van der Waals surface area contributed by atoms with Gasteiger partial charge in [0.05, 0.1) is 0 Å². The largest absolute Gasteiger partial charge is 0.324 e. The summed E-state index contributed by atoms with van der Waals surface area (Å²) in [6, 6.07) is 8.09. The highest BCUT2D eigenvalue weighted by atomic mass is 35.5. The molecule has 1 heterocycles. The number of nitrogens with zero attached hydrogens (tertiary/aromatic N) is 1. The number of piperidine rings is 1. The van der Waals surface area contributed by atoms with Crippen LogP contribution in [0.1, 0.15) is 12.0 Å². The zero-order valence-corrected chi connectivity index (χ0v) is 9.37. The highest BCUT2D eigenvalue weighted by Crippen LogP contribution is 2.47. The fraction of sp³-hybridized carbons (Fsp3) is 0.500. The van der Waals surface area contributed by atoms with Gasteiger partial charge in [-0.25, -0.2) is 0 Å². The van der Waals surface area contributed by atoms with Crippen LogP contribution in [0.2, 0.25) is 5.02 Å². The van der Waals surface area contributed by atoms with Crippen LogP contribution in [0.5, 0.6) is 0 Å². The first-order valence-electron chi connectivity index (χ1n) is 5.41. The lowest BCUT2D eigenvalue weighted by atomic mass is 10.2. The molecule has 1 aromatic rings. The maximum Gasteiger partial charge on any atom is 0.0406 e. The van der Waals surface area contributed by atoms with E-state index in [1.54, 1.807) is 0 Å². The molecule has 1 aromatic carbocycles. The maximum atomic E-state index is 6.16. The van der Waals surface area contributed by atoms with Crippen LogP contribution in [0, 0.1) is 5.92 Å². The molecule has 15 heavy (non-hydrogen) atoms. The van der Waals surface area contributed by atoms with Crippen molar-refractivity contribution in [2.24, 2.45) is 11.7 Å². The zero-order valence-electron chi connectivity index (χ0n) is 8.62. The summed E-state index contributed by atoms with van der Waals surface area (Å²) in [4.78, 5) is 2.44. The number of benzene rings is 1. The quantitative estimate of drug-likeness (QED) is 0.828. The number of halogens is 1. The fourth-order valence-corrected chi connectivity index (χ4v) is 2.73. The predicted molar refractivity (Wildman–Crippen MR) is 61.8 cm³/mol. The Morgan fingerprint density at radius 1 is 1.40 bits per heavy atom. The molecule has 2 aliphatic rings. The maximum absolute atomic E-state index is 6.16. The van der Waals surface area contributed by atoms with Crippen molar-refractivity contribution in [2.45, 2.75) is 18.5 Å². The second kappa shape index (κ2) is 3.21. The minimum absolute atomic E-state index is 0.159. The first-order valence-corrected chi connectivity index (χ1v) is 5.79. The van der Waals surface area contributed by atoms with Gasteiger partial charge in [-0.3, -0.25) is 4.90 Å². The molecule has 0 spiro atoms. The van der Waals surface area contributed by atoms with E-state index in [1.807, 2.05) is 12.1 Å². The molecule has 1 saturated carbocycles. The molecular formula is C12H15ClN2. The van der Waals surface area contributed by atoms with Gasteiger partial charge in [0.1, 0.15) is 0 Å². The number of hydrogen-bond acceptors (Lipinski definition) is 2. The second-order valence-corrected chi connectivity index (χ2v) is 5.37. The lowest BCUT2D eigenvalue weighted by Crippen LogP contribution is -2.32. The summed E-state index contributed by atoms with van der Waals surface area (Å²) in [5.41, 5.74) is 7.64. The Kier molecular flexibility index (Phi) is 2.06. The Bertz CT molecular complexity index is 376. The van der Waals surface area contributed by atoms with Crippen LogP contribution in [0.3, 0.4) is 0 Å². The van der Waals surface area contributed by atoms with Crippen molar-refractivity contribution in [1.29, 1.82) is 0 Å². The SMILES string of the molecule is N[C@]12C[C@H]1CN(Cc1ccc(Cl)cc1)C2. The third-order valence-electron chi connectivity index (χ3n) is 3.60. The van der Waals surface area contributed by atoms with Gasteiger partial charge in [0.15, 0.2) is 0 Å². The van der Waals surface area contributed by atoms with Crippen LogP contribution in [0.25, 0.3) is 0 Å². The molecule has 2 N–H and O–H groups in total. The molecule has 2 nitrogen and oxygen atoms in total. The van der Waals surface area contributed by atoms with Gasteiger partial charge in [0.25, 0.3) is 0 Å². The second-order valence-electron chi connectivity index (χ2n) is 4.93. The van der Waals surface area contributed by atoms with Crippen molar-refractivity contribution in [3.63, 3.8) is 0 Å². The van der Waals surface area contributed by atoms with Gasteiger partial charge >= 0.3 is 0 Å². The summed E-state index contributed by atoms with van der Waals surface area (Å²) < 4.78 is 0. The number of hydrogen-bond donors (Lipinski definition) is 1. The number of likely N-dealkylation sites (tertiary alicyclic amines) is 1. The average molecular weight is 223 g/mol. The molecule has 0 amide bonds. The van der Waals surface area contributed by atoms with Crippen molar-refractivity contribution in [3.05, 3.63) is 34.9 Å². The van der Waals surface area contributed by atoms with E-state index in [9.17, 15) is 0 Å². The standard InChI is InChI=1S/C12H15ClN2/c13-11-3-1-9(2-4-11)6-15-7-10-5-12(10,14)8-15/h1-4,10H,5-8,14H2/t10-,12-/m0/s1. The van der Waals surface area contributed by atoms with Crippen LogP contribution in [-0.2, 0) is 6.54 Å². The fourth-order valence-electron chi connectivity index (χ4n) is 2.60. The molecule has 1 aliphatic carbocycles. The van der Waals surface area contributed by atoms with Gasteiger partial charge in [-0.1, -0.05) is 23.7 Å². The molecule has 0 bridgehead atoms. The van der Waals surface area contributed by atoms with E-state index in [0.29, 0.717) is 0 Å². The third-order valence-corrected chi connectivity index (χ3v) is 3.85. The number of rotatable bonds is 2. The highest BCUT2D eigenvalue weighted by molar-refractivity contribution is 6.30. The van der Waals surface area contributed by atoms with Gasteiger partial charge in [-0.05, 0) is 30.0 Å². The Morgan fingerprint density at radius 3 is 2.73 bits per heavy atom. The summed E-state index contributed by atoms with van der Waals surface area (Å²) in [7, 11) is 0. The Hall–Kier alpha value is -0.570. The van der Waals surface area contributed by atoms with Crippen LogP contribution < -0.4 is 5.73 Å². The van der Waals surface area contributed by atoms with Gasteiger partial charge < -0.3 is 5.73 Å². The zero-order chi connectivity index (χ0) is 10.5. The summed E-state index contributed by atoms with van der Waals surface area (Å²) in [5.74, 6) is 0.754. The predicted octanol–water partition coefficient (Wildman–Crippen LogP) is 1.87. The van der Waals surface area contributed by atoms with Gasteiger partial charge in [0, 0.05) is 30.2 Å². The molecule has 1 aliphatic heterocycles. The lowest BCUT2D eigenvalue weighted by Gasteiger charge is -2.18. The van der Waals surface area contributed by atoms with Crippen molar-refractivity contribution < 1.29 is 0 Å². The molecule has 0 aromatic heterocycles. The summed E-state index contributed by atoms with van der Waals surface area (Å²) >= 11 is 5.85. The van der Waals surface area contributed by atoms with Crippen molar-refractivity contribution in [3.8, 4) is 0 Å². The van der Waals surface area contributed by atoms with E-state index < -0.39 is 0 Å². The first-order chi connectivity index (χ1) is 7.16. The number of nitrogens with two attached hydrogens (primary N) is 1. The van der Waals surface area contributed by atoms with E-state index in [1.165, 1.54) is 18.5 Å². The lowest BCUT2D eigenvalue weighted by molar-refractivity contribution is 0.291. The Labute approximate surface area is 95.0 Å². The van der Waals surface area contributed by atoms with E-state index >= 15 is 0 Å². The molecule has 0 radical (unpaired) electrons. The third kappa shape index (κ3) is 1.78. The van der Waals surface area contributed by atoms with Crippen LogP contribution >= 0.6 is 11.6 Å². The van der Waals surface area contributed by atoms with E-state index in [-0.39, 0.29) is 5.54 Å². The minimum Gasteiger partial charge on any atom is -0.324 e. The molecule has 2 fully saturated rings. The topological polar surface area (TPSA) is 29.3 Å². The smallest absolute Gasteiger partial charge is 0.0406 e. The van der Waals surface area contributed by atoms with Gasteiger partial charge in [0.2, 0.25) is 0 Å². The molecular weight excluding hydrogens is 208 g/mol. The van der Waals surface area contributed by atoms with Crippen molar-refractivity contribution in [1.82, 2.24) is 4.90 Å². The Morgan fingerprint density at radius 2 is 2.13 bits per heavy atom. The van der Waals surface area contributed by atoms with E-state index in [2.05, 4.69) is 17.0 Å². The molecule has 2 atom stereocenters. The summed E-state index contributed by atoms with van der Waals surface area (Å²) in [5, 5.41) is 0.804. The van der Waals surface area contributed by atoms with Crippen LogP contribution in [0.4, 0.5) is 0 Å². The van der Waals surface area contributed by atoms with Gasteiger partial charge in [-0.15, -0.1) is 0 Å². The summed E-state index contributed by atoms with van der Waals surface area (Å²) in [6.45, 7) is 3.23. The molecule has 0 unspecified atom stereocenters. The molecule has 3 heteroatoms. The first kappa shape index (κ1) is 9.64. The molecule has 80 valence electrons. The monoisotopic (exact) mass is 222 g/mol. The molecule has 1 saturated heterocycles. The number of fused-ring (bicyclic) bond motifs is 1. The normalized spacial score (nSPS) is 34.1. The van der Waals surface area contributed by atoms with Gasteiger partial charge in [-0.2, -0.15) is 0 Å². The van der Waals surface area contributed by atoms with Crippen molar-refractivity contribution in [2.75, 3.05) is 13.1 Å².